The summed E-state index contributed by atoms with van der Waals surface area (Å²) in [6.45, 7) is 1.32. The van der Waals surface area contributed by atoms with E-state index in [1.54, 1.807) is 0 Å². The smallest absolute Gasteiger partial charge is 0.335 e. The third-order valence-electron chi connectivity index (χ3n) is 4.11. The van der Waals surface area contributed by atoms with E-state index < -0.39 is 12.1 Å². The standard InChI is InChI=1S/C20H21NO4/c1-24-20(23)19(22)14-15-6-8-17(9-7-15)25-13-12-21-11-10-16-4-2-3-5-18(16)21/h2-11,19,22H,12-14H2,1H3. The third kappa shape index (κ3) is 4.19. The summed E-state index contributed by atoms with van der Waals surface area (Å²) in [5, 5.41) is 10.9. The number of benzene rings is 2. The van der Waals surface area contributed by atoms with E-state index >= 15 is 0 Å². The van der Waals surface area contributed by atoms with Crippen molar-refractivity contribution < 1.29 is 19.4 Å². The van der Waals surface area contributed by atoms with E-state index in [4.69, 9.17) is 4.74 Å². The molecule has 0 bridgehead atoms. The van der Waals surface area contributed by atoms with Crippen LogP contribution < -0.4 is 4.74 Å². The lowest BCUT2D eigenvalue weighted by atomic mass is 10.1. The van der Waals surface area contributed by atoms with Crippen LogP contribution in [0.1, 0.15) is 5.56 Å². The van der Waals surface area contributed by atoms with Gasteiger partial charge in [-0.3, -0.25) is 0 Å². The molecule has 5 nitrogen and oxygen atoms in total. The number of rotatable bonds is 7. The van der Waals surface area contributed by atoms with Crippen LogP contribution in [0.5, 0.6) is 5.75 Å². The fourth-order valence-corrected chi connectivity index (χ4v) is 2.76. The first-order valence-corrected chi connectivity index (χ1v) is 8.19. The summed E-state index contributed by atoms with van der Waals surface area (Å²) >= 11 is 0. The van der Waals surface area contributed by atoms with Crippen molar-refractivity contribution in [3.63, 3.8) is 0 Å². The van der Waals surface area contributed by atoms with E-state index in [1.807, 2.05) is 36.4 Å². The fourth-order valence-electron chi connectivity index (χ4n) is 2.76. The maximum absolute atomic E-state index is 11.2. The number of esters is 1. The Morgan fingerprint density at radius 2 is 1.88 bits per heavy atom. The van der Waals surface area contributed by atoms with E-state index in [0.717, 1.165) is 17.9 Å². The van der Waals surface area contributed by atoms with Crippen LogP contribution in [0.3, 0.4) is 0 Å². The lowest BCUT2D eigenvalue weighted by Crippen LogP contribution is -2.24. The van der Waals surface area contributed by atoms with Crippen molar-refractivity contribution in [2.75, 3.05) is 13.7 Å². The van der Waals surface area contributed by atoms with Gasteiger partial charge in [-0.2, -0.15) is 0 Å². The van der Waals surface area contributed by atoms with Gasteiger partial charge in [-0.1, -0.05) is 30.3 Å². The molecule has 130 valence electrons. The topological polar surface area (TPSA) is 60.7 Å². The number of hydrogen-bond acceptors (Lipinski definition) is 4. The molecule has 1 heterocycles. The summed E-state index contributed by atoms with van der Waals surface area (Å²) < 4.78 is 12.5. The first kappa shape index (κ1) is 17.0. The van der Waals surface area contributed by atoms with Crippen molar-refractivity contribution in [2.45, 2.75) is 19.1 Å². The molecule has 3 aromatic rings. The summed E-state index contributed by atoms with van der Waals surface area (Å²) in [6.07, 6.45) is 1.15. The van der Waals surface area contributed by atoms with Gasteiger partial charge < -0.3 is 19.1 Å². The molecule has 0 saturated carbocycles. The van der Waals surface area contributed by atoms with E-state index in [-0.39, 0.29) is 6.42 Å². The number of ether oxygens (including phenoxy) is 2. The molecule has 0 spiro atoms. The maximum Gasteiger partial charge on any atom is 0.335 e. The van der Waals surface area contributed by atoms with Crippen LogP contribution in [0.4, 0.5) is 0 Å². The molecule has 3 rings (SSSR count). The highest BCUT2D eigenvalue weighted by Crippen LogP contribution is 2.16. The van der Waals surface area contributed by atoms with E-state index in [9.17, 15) is 9.90 Å². The minimum atomic E-state index is -1.14. The number of aliphatic hydroxyl groups excluding tert-OH is 1. The number of carbonyl (C=O) groups is 1. The molecule has 0 fully saturated rings. The first-order valence-electron chi connectivity index (χ1n) is 8.19. The summed E-state index contributed by atoms with van der Waals surface area (Å²) in [4.78, 5) is 11.2. The van der Waals surface area contributed by atoms with Gasteiger partial charge >= 0.3 is 5.97 Å². The molecular formula is C20H21NO4. The van der Waals surface area contributed by atoms with Gasteiger partial charge in [0.05, 0.1) is 13.7 Å². The Bertz CT molecular complexity index is 838. The molecule has 2 aromatic carbocycles. The summed E-state index contributed by atoms with van der Waals surface area (Å²) in [7, 11) is 1.26. The van der Waals surface area contributed by atoms with E-state index in [2.05, 4.69) is 33.7 Å². The van der Waals surface area contributed by atoms with Gasteiger partial charge in [0.25, 0.3) is 0 Å². The van der Waals surface area contributed by atoms with Crippen molar-refractivity contribution >= 4 is 16.9 Å². The van der Waals surface area contributed by atoms with Gasteiger partial charge in [0.1, 0.15) is 12.4 Å². The lowest BCUT2D eigenvalue weighted by Gasteiger charge is -2.10. The van der Waals surface area contributed by atoms with Crippen LogP contribution >= 0.6 is 0 Å². The lowest BCUT2D eigenvalue weighted by molar-refractivity contribution is -0.150. The number of hydrogen-bond donors (Lipinski definition) is 1. The number of nitrogens with zero attached hydrogens (tertiary/aromatic N) is 1. The number of aliphatic hydroxyl groups is 1. The van der Waals surface area contributed by atoms with Gasteiger partial charge in [0.15, 0.2) is 6.10 Å². The molecule has 1 aromatic heterocycles. The Kier molecular flexibility index (Phi) is 5.36. The Morgan fingerprint density at radius 1 is 1.12 bits per heavy atom. The average Bonchev–Trinajstić information content (AvgIpc) is 3.06. The molecule has 0 aliphatic carbocycles. The highest BCUT2D eigenvalue weighted by Gasteiger charge is 2.15. The minimum absolute atomic E-state index is 0.225. The molecule has 0 amide bonds. The highest BCUT2D eigenvalue weighted by molar-refractivity contribution is 5.79. The van der Waals surface area contributed by atoms with Crippen molar-refractivity contribution in [3.8, 4) is 5.75 Å². The quantitative estimate of drug-likeness (QED) is 0.673. The Morgan fingerprint density at radius 3 is 2.64 bits per heavy atom. The number of para-hydroxylation sites is 1. The summed E-state index contributed by atoms with van der Waals surface area (Å²) in [5.41, 5.74) is 2.04. The first-order chi connectivity index (χ1) is 12.2. The Balaban J connectivity index is 1.53. The van der Waals surface area contributed by atoms with Crippen LogP contribution in [0.2, 0.25) is 0 Å². The van der Waals surface area contributed by atoms with Crippen molar-refractivity contribution in [3.05, 3.63) is 66.4 Å². The molecule has 1 unspecified atom stereocenters. The number of carbonyl (C=O) groups excluding carboxylic acids is 1. The van der Waals surface area contributed by atoms with Gasteiger partial charge in [-0.05, 0) is 35.2 Å². The Labute approximate surface area is 146 Å². The molecule has 25 heavy (non-hydrogen) atoms. The monoisotopic (exact) mass is 339 g/mol. The fraction of sp³-hybridized carbons (Fsp3) is 0.250. The SMILES string of the molecule is COC(=O)C(O)Cc1ccc(OCCn2ccc3ccccc32)cc1. The largest absolute Gasteiger partial charge is 0.492 e. The predicted molar refractivity (Wildman–Crippen MR) is 95.6 cm³/mol. The minimum Gasteiger partial charge on any atom is -0.492 e. The number of fused-ring (bicyclic) bond motifs is 1. The summed E-state index contributed by atoms with van der Waals surface area (Å²) in [6, 6.07) is 17.7. The van der Waals surface area contributed by atoms with Crippen molar-refractivity contribution in [1.29, 1.82) is 0 Å². The molecule has 5 heteroatoms. The normalized spacial score (nSPS) is 12.1. The highest BCUT2D eigenvalue weighted by atomic mass is 16.5. The zero-order valence-corrected chi connectivity index (χ0v) is 14.1. The second-order valence-electron chi connectivity index (χ2n) is 5.80. The molecule has 1 atom stereocenters. The van der Waals surface area contributed by atoms with Crippen LogP contribution in [0, 0.1) is 0 Å². The second kappa shape index (κ2) is 7.85. The summed E-state index contributed by atoms with van der Waals surface area (Å²) in [5.74, 6) is 0.132. The Hall–Kier alpha value is -2.79. The average molecular weight is 339 g/mol. The van der Waals surface area contributed by atoms with E-state index in [1.165, 1.54) is 18.0 Å². The number of methoxy groups -OCH3 is 1. The zero-order valence-electron chi connectivity index (χ0n) is 14.1. The molecule has 0 radical (unpaired) electrons. The van der Waals surface area contributed by atoms with Gasteiger partial charge in [0, 0.05) is 18.1 Å². The van der Waals surface area contributed by atoms with Crippen LogP contribution in [-0.4, -0.2) is 35.5 Å². The third-order valence-corrected chi connectivity index (χ3v) is 4.11. The molecule has 0 saturated heterocycles. The molecular weight excluding hydrogens is 318 g/mol. The number of aromatic nitrogens is 1. The molecule has 1 N–H and O–H groups in total. The van der Waals surface area contributed by atoms with Crippen molar-refractivity contribution in [2.24, 2.45) is 0 Å². The van der Waals surface area contributed by atoms with Gasteiger partial charge in [0.2, 0.25) is 0 Å². The van der Waals surface area contributed by atoms with Crippen molar-refractivity contribution in [1.82, 2.24) is 4.57 Å². The van der Waals surface area contributed by atoms with Gasteiger partial charge in [-0.15, -0.1) is 0 Å². The second-order valence-corrected chi connectivity index (χ2v) is 5.80. The van der Waals surface area contributed by atoms with Crippen LogP contribution in [0.25, 0.3) is 10.9 Å². The van der Waals surface area contributed by atoms with E-state index in [0.29, 0.717) is 6.61 Å². The zero-order chi connectivity index (χ0) is 17.6. The maximum atomic E-state index is 11.2. The van der Waals surface area contributed by atoms with Crippen LogP contribution in [-0.2, 0) is 22.5 Å². The molecule has 0 aliphatic heterocycles. The molecule has 0 aliphatic rings. The van der Waals surface area contributed by atoms with Crippen LogP contribution in [0.15, 0.2) is 60.8 Å². The van der Waals surface area contributed by atoms with Gasteiger partial charge in [-0.25, -0.2) is 4.79 Å². The predicted octanol–water partition coefficient (Wildman–Crippen LogP) is 2.80.